The number of thiazole rings is 1. The lowest BCUT2D eigenvalue weighted by molar-refractivity contribution is 0.0548. The average molecular weight is 390 g/mol. The summed E-state index contributed by atoms with van der Waals surface area (Å²) in [7, 11) is -3.62. The number of anilines is 1. The van der Waals surface area contributed by atoms with E-state index in [9.17, 15) is 13.5 Å². The first-order valence-electron chi connectivity index (χ1n) is 8.25. The van der Waals surface area contributed by atoms with Crippen molar-refractivity contribution in [3.8, 4) is 11.1 Å². The molecule has 0 atom stereocenters. The van der Waals surface area contributed by atoms with E-state index >= 15 is 0 Å². The lowest BCUT2D eigenvalue weighted by atomic mass is 10.1. The standard InChI is InChI=1S/C17H18N4O3S2/c1-2-19-17-20-15-4-3-11(6-16(15)25-17)12-5-14(8-18-7-12)26(23,24)21-9-13(22)10-21/h3-8,13,22H,2,9-10H2,1H3,(H,19,20). The molecule has 9 heteroatoms. The quantitative estimate of drug-likeness (QED) is 0.693. The van der Waals surface area contributed by atoms with Gasteiger partial charge in [0.25, 0.3) is 0 Å². The van der Waals surface area contributed by atoms with E-state index in [1.807, 2.05) is 25.1 Å². The summed E-state index contributed by atoms with van der Waals surface area (Å²) in [4.78, 5) is 8.76. The molecule has 0 saturated carbocycles. The van der Waals surface area contributed by atoms with Crippen molar-refractivity contribution in [2.45, 2.75) is 17.9 Å². The Bertz CT molecular complexity index is 1060. The molecule has 1 aliphatic rings. The fraction of sp³-hybridized carbons (Fsp3) is 0.294. The van der Waals surface area contributed by atoms with E-state index in [1.165, 1.54) is 10.5 Å². The zero-order valence-electron chi connectivity index (χ0n) is 14.1. The second-order valence-electron chi connectivity index (χ2n) is 6.12. The third-order valence-corrected chi connectivity index (χ3v) is 7.00. The summed E-state index contributed by atoms with van der Waals surface area (Å²) < 4.78 is 27.5. The van der Waals surface area contributed by atoms with Crippen LogP contribution in [0.2, 0.25) is 0 Å². The van der Waals surface area contributed by atoms with Crippen molar-refractivity contribution in [1.82, 2.24) is 14.3 Å². The number of pyridine rings is 1. The van der Waals surface area contributed by atoms with Crippen LogP contribution in [0.4, 0.5) is 5.13 Å². The number of benzene rings is 1. The summed E-state index contributed by atoms with van der Waals surface area (Å²) in [6, 6.07) is 7.46. The summed E-state index contributed by atoms with van der Waals surface area (Å²) in [6.45, 7) is 3.09. The Morgan fingerprint density at radius 2 is 2.08 bits per heavy atom. The maximum Gasteiger partial charge on any atom is 0.244 e. The molecule has 0 amide bonds. The molecular weight excluding hydrogens is 372 g/mol. The molecule has 2 aromatic heterocycles. The maximum atomic E-state index is 12.6. The van der Waals surface area contributed by atoms with Gasteiger partial charge in [0.05, 0.1) is 16.3 Å². The summed E-state index contributed by atoms with van der Waals surface area (Å²) in [6.07, 6.45) is 2.41. The predicted octanol–water partition coefficient (Wildman–Crippen LogP) is 2.16. The topological polar surface area (TPSA) is 95.4 Å². The zero-order valence-corrected chi connectivity index (χ0v) is 15.7. The van der Waals surface area contributed by atoms with E-state index in [0.29, 0.717) is 0 Å². The zero-order chi connectivity index (χ0) is 18.3. The number of aliphatic hydroxyl groups is 1. The smallest absolute Gasteiger partial charge is 0.244 e. The van der Waals surface area contributed by atoms with Crippen molar-refractivity contribution < 1.29 is 13.5 Å². The number of nitrogens with one attached hydrogen (secondary N) is 1. The van der Waals surface area contributed by atoms with Gasteiger partial charge in [0.2, 0.25) is 10.0 Å². The van der Waals surface area contributed by atoms with Crippen molar-refractivity contribution in [2.24, 2.45) is 0 Å². The van der Waals surface area contributed by atoms with Gasteiger partial charge in [-0.1, -0.05) is 17.4 Å². The van der Waals surface area contributed by atoms with Crippen LogP contribution < -0.4 is 5.32 Å². The van der Waals surface area contributed by atoms with Crippen LogP contribution in [-0.2, 0) is 10.0 Å². The Morgan fingerprint density at radius 1 is 1.27 bits per heavy atom. The highest BCUT2D eigenvalue weighted by Gasteiger charge is 2.35. The maximum absolute atomic E-state index is 12.6. The highest BCUT2D eigenvalue weighted by Crippen LogP contribution is 2.31. The van der Waals surface area contributed by atoms with Crippen molar-refractivity contribution in [1.29, 1.82) is 0 Å². The number of aliphatic hydroxyl groups excluding tert-OH is 1. The van der Waals surface area contributed by atoms with Gasteiger partial charge in [0.15, 0.2) is 5.13 Å². The minimum atomic E-state index is -3.62. The molecule has 4 rings (SSSR count). The van der Waals surface area contributed by atoms with Crippen LogP contribution in [0.25, 0.3) is 21.3 Å². The third-order valence-electron chi connectivity index (χ3n) is 4.23. The Hall–Kier alpha value is -2.07. The van der Waals surface area contributed by atoms with E-state index in [-0.39, 0.29) is 18.0 Å². The Kier molecular flexibility index (Phi) is 4.39. The Labute approximate surface area is 155 Å². The number of hydrogen-bond acceptors (Lipinski definition) is 7. The van der Waals surface area contributed by atoms with E-state index < -0.39 is 16.1 Å². The molecule has 1 aliphatic heterocycles. The number of fused-ring (bicyclic) bond motifs is 1. The summed E-state index contributed by atoms with van der Waals surface area (Å²) in [5.41, 5.74) is 2.52. The SMILES string of the molecule is CCNc1nc2ccc(-c3cncc(S(=O)(=O)N4CC(O)C4)c3)cc2s1. The highest BCUT2D eigenvalue weighted by atomic mass is 32.2. The van der Waals surface area contributed by atoms with Gasteiger partial charge in [-0.05, 0) is 30.7 Å². The molecule has 0 radical (unpaired) electrons. The molecule has 1 fully saturated rings. The first-order chi connectivity index (χ1) is 12.5. The van der Waals surface area contributed by atoms with Crippen LogP contribution in [0, 0.1) is 0 Å². The van der Waals surface area contributed by atoms with Gasteiger partial charge >= 0.3 is 0 Å². The van der Waals surface area contributed by atoms with Crippen LogP contribution >= 0.6 is 11.3 Å². The molecule has 2 N–H and O–H groups in total. The van der Waals surface area contributed by atoms with E-state index in [2.05, 4.69) is 15.3 Å². The lowest BCUT2D eigenvalue weighted by Crippen LogP contribution is -2.53. The molecule has 0 aliphatic carbocycles. The molecular formula is C17H18N4O3S2. The Morgan fingerprint density at radius 3 is 2.81 bits per heavy atom. The van der Waals surface area contributed by atoms with Gasteiger partial charge in [-0.3, -0.25) is 4.98 Å². The number of β-amino-alcohol motifs (C(OH)–C–C–N with tert-alkyl or cyclic N) is 1. The van der Waals surface area contributed by atoms with Gasteiger partial charge in [-0.25, -0.2) is 13.4 Å². The molecule has 3 aromatic rings. The largest absolute Gasteiger partial charge is 0.390 e. The van der Waals surface area contributed by atoms with E-state index in [1.54, 1.807) is 23.6 Å². The summed E-state index contributed by atoms with van der Waals surface area (Å²) in [5.74, 6) is 0. The minimum absolute atomic E-state index is 0.132. The van der Waals surface area contributed by atoms with Crippen molar-refractivity contribution >= 4 is 36.7 Å². The van der Waals surface area contributed by atoms with Gasteiger partial charge in [0.1, 0.15) is 4.90 Å². The molecule has 1 aromatic carbocycles. The van der Waals surface area contributed by atoms with Gasteiger partial charge in [-0.2, -0.15) is 4.31 Å². The fourth-order valence-electron chi connectivity index (χ4n) is 2.81. The molecule has 136 valence electrons. The normalized spacial score (nSPS) is 15.9. The molecule has 0 spiro atoms. The molecule has 0 unspecified atom stereocenters. The van der Waals surface area contributed by atoms with Crippen molar-refractivity contribution in [3.05, 3.63) is 36.7 Å². The Balaban J connectivity index is 1.69. The fourth-order valence-corrected chi connectivity index (χ4v) is 5.29. The molecule has 26 heavy (non-hydrogen) atoms. The molecule has 3 heterocycles. The summed E-state index contributed by atoms with van der Waals surface area (Å²) in [5, 5.41) is 13.4. The number of rotatable bonds is 5. The second-order valence-corrected chi connectivity index (χ2v) is 9.09. The molecule has 1 saturated heterocycles. The molecule has 0 bridgehead atoms. The molecule has 7 nitrogen and oxygen atoms in total. The number of nitrogens with zero attached hydrogens (tertiary/aromatic N) is 3. The second kappa shape index (κ2) is 6.58. The number of aromatic nitrogens is 2. The van der Waals surface area contributed by atoms with Crippen molar-refractivity contribution in [2.75, 3.05) is 25.0 Å². The first-order valence-corrected chi connectivity index (χ1v) is 10.5. The van der Waals surface area contributed by atoms with Crippen LogP contribution in [-0.4, -0.2) is 53.5 Å². The summed E-state index contributed by atoms with van der Waals surface area (Å²) >= 11 is 1.56. The van der Waals surface area contributed by atoms with Crippen molar-refractivity contribution in [3.63, 3.8) is 0 Å². The third kappa shape index (κ3) is 3.07. The van der Waals surface area contributed by atoms with E-state index in [0.717, 1.165) is 33.0 Å². The number of sulfonamides is 1. The van der Waals surface area contributed by atoms with Crippen LogP contribution in [0.3, 0.4) is 0 Å². The van der Waals surface area contributed by atoms with Gasteiger partial charge < -0.3 is 10.4 Å². The van der Waals surface area contributed by atoms with Gasteiger partial charge in [-0.15, -0.1) is 0 Å². The lowest BCUT2D eigenvalue weighted by Gasteiger charge is -2.34. The monoisotopic (exact) mass is 390 g/mol. The van der Waals surface area contributed by atoms with Crippen LogP contribution in [0.5, 0.6) is 0 Å². The first kappa shape index (κ1) is 17.3. The average Bonchev–Trinajstić information content (AvgIpc) is 3.01. The number of hydrogen-bond donors (Lipinski definition) is 2. The van der Waals surface area contributed by atoms with E-state index in [4.69, 9.17) is 0 Å². The van der Waals surface area contributed by atoms with Crippen LogP contribution in [0.1, 0.15) is 6.92 Å². The highest BCUT2D eigenvalue weighted by molar-refractivity contribution is 7.89. The predicted molar refractivity (Wildman–Crippen MR) is 102 cm³/mol. The minimum Gasteiger partial charge on any atom is -0.390 e. The van der Waals surface area contributed by atoms with Gasteiger partial charge in [0, 0.05) is 37.6 Å². The van der Waals surface area contributed by atoms with Crippen LogP contribution in [0.15, 0.2) is 41.6 Å².